The van der Waals surface area contributed by atoms with Gasteiger partial charge in [0.05, 0.1) is 5.69 Å². The average Bonchev–Trinajstić information content (AvgIpc) is 3.32. The topological polar surface area (TPSA) is 176 Å². The molecular formula is C20H17N7O6S2. The molecule has 0 radical (unpaired) electrons. The minimum Gasteiger partial charge on any atom is -0.477 e. The van der Waals surface area contributed by atoms with E-state index in [0.29, 0.717) is 23.4 Å². The molecule has 4 rings (SSSR count). The third-order valence-electron chi connectivity index (χ3n) is 4.86. The first-order valence-corrected chi connectivity index (χ1v) is 11.8. The van der Waals surface area contributed by atoms with E-state index in [1.807, 2.05) is 0 Å². The second-order valence-electron chi connectivity index (χ2n) is 6.94. The molecular weight excluding hydrogens is 498 g/mol. The Labute approximate surface area is 205 Å². The number of β-lactam (4-membered cyclic amide) rings is 1. The Morgan fingerprint density at radius 2 is 2.20 bits per heavy atom. The first-order valence-electron chi connectivity index (χ1n) is 9.89. The molecule has 2 aliphatic rings. The second-order valence-corrected chi connectivity index (χ2v) is 8.91. The van der Waals surface area contributed by atoms with E-state index < -0.39 is 29.2 Å². The van der Waals surface area contributed by atoms with Gasteiger partial charge in [0.15, 0.2) is 10.8 Å². The van der Waals surface area contributed by atoms with Crippen molar-refractivity contribution in [1.82, 2.24) is 25.4 Å². The van der Waals surface area contributed by atoms with Crippen LogP contribution in [0.25, 0.3) is 6.08 Å². The second kappa shape index (κ2) is 10.4. The van der Waals surface area contributed by atoms with Crippen LogP contribution in [0.4, 0.5) is 5.13 Å². The van der Waals surface area contributed by atoms with Gasteiger partial charge in [0, 0.05) is 17.3 Å². The molecule has 2 aromatic heterocycles. The van der Waals surface area contributed by atoms with Crippen molar-refractivity contribution in [3.63, 3.8) is 0 Å². The van der Waals surface area contributed by atoms with Crippen molar-refractivity contribution in [2.45, 2.75) is 11.4 Å². The molecule has 1 fully saturated rings. The summed E-state index contributed by atoms with van der Waals surface area (Å²) in [5.74, 6) is -2.27. The van der Waals surface area contributed by atoms with Crippen LogP contribution in [0.15, 0.2) is 46.2 Å². The Morgan fingerprint density at radius 1 is 1.37 bits per heavy atom. The lowest BCUT2D eigenvalue weighted by Crippen LogP contribution is -2.71. The number of anilines is 1. The minimum absolute atomic E-state index is 0.140. The molecule has 3 amide bonds. The SMILES string of the molecule is CON=C(C(=O)NC1C(=O)N2C(C(=O)O)=C(C=Cc3cccnn3)CS[C@@H]12)c1csc(NC=O)n1. The van der Waals surface area contributed by atoms with Crippen molar-refractivity contribution in [3.05, 3.63) is 52.4 Å². The molecule has 0 spiro atoms. The largest absolute Gasteiger partial charge is 0.477 e. The van der Waals surface area contributed by atoms with E-state index in [1.165, 1.54) is 30.4 Å². The molecule has 13 nitrogen and oxygen atoms in total. The fourth-order valence-corrected chi connectivity index (χ4v) is 5.34. The van der Waals surface area contributed by atoms with Gasteiger partial charge in [0.2, 0.25) is 6.41 Å². The summed E-state index contributed by atoms with van der Waals surface area (Å²) in [5, 5.41) is 27.2. The predicted octanol–water partition coefficient (Wildman–Crippen LogP) is 0.304. The Morgan fingerprint density at radius 3 is 2.89 bits per heavy atom. The number of fused-ring (bicyclic) bond motifs is 1. The van der Waals surface area contributed by atoms with Gasteiger partial charge in [-0.05, 0) is 23.8 Å². The Bertz CT molecular complexity index is 1260. The van der Waals surface area contributed by atoms with Crippen molar-refractivity contribution in [3.8, 4) is 0 Å². The van der Waals surface area contributed by atoms with E-state index in [0.717, 1.165) is 16.2 Å². The number of aromatic nitrogens is 3. The van der Waals surface area contributed by atoms with Crippen molar-refractivity contribution in [2.24, 2.45) is 5.16 Å². The summed E-state index contributed by atoms with van der Waals surface area (Å²) in [6, 6.07) is 2.44. The molecule has 1 saturated heterocycles. The maximum Gasteiger partial charge on any atom is 0.352 e. The van der Waals surface area contributed by atoms with Crippen LogP contribution >= 0.6 is 23.1 Å². The number of rotatable bonds is 9. The predicted molar refractivity (Wildman–Crippen MR) is 126 cm³/mol. The van der Waals surface area contributed by atoms with Crippen LogP contribution in [0.5, 0.6) is 0 Å². The van der Waals surface area contributed by atoms with Gasteiger partial charge in [-0.15, -0.1) is 23.1 Å². The number of thioether (sulfide) groups is 1. The van der Waals surface area contributed by atoms with Crippen LogP contribution in [-0.4, -0.2) is 79.4 Å². The maximum absolute atomic E-state index is 12.9. The number of thiazole rings is 1. The molecule has 180 valence electrons. The average molecular weight is 516 g/mol. The molecule has 0 bridgehead atoms. The monoisotopic (exact) mass is 515 g/mol. The third-order valence-corrected chi connectivity index (χ3v) is 6.94. The highest BCUT2D eigenvalue weighted by atomic mass is 32.2. The smallest absolute Gasteiger partial charge is 0.352 e. The Balaban J connectivity index is 1.52. The number of hydrogen-bond acceptors (Lipinski definition) is 11. The highest BCUT2D eigenvalue weighted by Crippen LogP contribution is 2.40. The highest BCUT2D eigenvalue weighted by molar-refractivity contribution is 8.00. The van der Waals surface area contributed by atoms with Crippen LogP contribution in [0, 0.1) is 0 Å². The van der Waals surface area contributed by atoms with Gasteiger partial charge in [-0.2, -0.15) is 10.2 Å². The van der Waals surface area contributed by atoms with Crippen molar-refractivity contribution in [1.29, 1.82) is 0 Å². The van der Waals surface area contributed by atoms with Gasteiger partial charge in [-0.25, -0.2) is 9.78 Å². The third kappa shape index (κ3) is 4.90. The van der Waals surface area contributed by atoms with Crippen LogP contribution in [-0.2, 0) is 24.0 Å². The molecule has 35 heavy (non-hydrogen) atoms. The Hall–Kier alpha value is -4.11. The quantitative estimate of drug-likeness (QED) is 0.182. The molecule has 0 aromatic carbocycles. The summed E-state index contributed by atoms with van der Waals surface area (Å²) in [4.78, 5) is 58.4. The first-order chi connectivity index (χ1) is 16.9. The summed E-state index contributed by atoms with van der Waals surface area (Å²) >= 11 is 2.39. The lowest BCUT2D eigenvalue weighted by atomic mass is 10.0. The number of carbonyl (C=O) groups excluding carboxylic acids is 3. The molecule has 1 unspecified atom stereocenters. The zero-order valence-electron chi connectivity index (χ0n) is 17.9. The van der Waals surface area contributed by atoms with Gasteiger partial charge >= 0.3 is 5.97 Å². The van der Waals surface area contributed by atoms with Gasteiger partial charge < -0.3 is 20.6 Å². The minimum atomic E-state index is -1.26. The molecule has 0 saturated carbocycles. The number of aliphatic carboxylic acids is 1. The standard InChI is InChI=1S/C20H17N7O6S2/c1-33-26-13(12-8-35-20(23-12)21-9-28)16(29)24-14-17(30)27-15(19(31)32)10(7-34-18(14)27)4-5-11-3-2-6-22-25-11/h2-6,8-9,14,18H,7H2,1H3,(H,24,29)(H,31,32)(H,21,23,28)/t14?,18-/m0/s1. The lowest BCUT2D eigenvalue weighted by molar-refractivity contribution is -0.150. The van der Waals surface area contributed by atoms with Crippen molar-refractivity contribution < 1.29 is 29.1 Å². The van der Waals surface area contributed by atoms with Crippen LogP contribution in [0.3, 0.4) is 0 Å². The number of allylic oxidation sites excluding steroid dienone is 1. The lowest BCUT2D eigenvalue weighted by Gasteiger charge is -2.49. The zero-order valence-corrected chi connectivity index (χ0v) is 19.6. The first kappa shape index (κ1) is 24.0. The molecule has 2 aliphatic heterocycles. The highest BCUT2D eigenvalue weighted by Gasteiger charge is 2.54. The number of carbonyl (C=O) groups is 4. The molecule has 2 aromatic rings. The number of nitrogens with zero attached hydrogens (tertiary/aromatic N) is 5. The molecule has 0 aliphatic carbocycles. The fourth-order valence-electron chi connectivity index (χ4n) is 3.36. The van der Waals surface area contributed by atoms with E-state index in [1.54, 1.807) is 24.3 Å². The summed E-state index contributed by atoms with van der Waals surface area (Å²) in [6.07, 6.45) is 5.17. The van der Waals surface area contributed by atoms with Crippen LogP contribution in [0.2, 0.25) is 0 Å². The van der Waals surface area contributed by atoms with Gasteiger partial charge in [-0.3, -0.25) is 19.3 Å². The molecule has 3 N–H and O–H groups in total. The van der Waals surface area contributed by atoms with Crippen molar-refractivity contribution >= 4 is 64.2 Å². The Kier molecular flexibility index (Phi) is 7.17. The summed E-state index contributed by atoms with van der Waals surface area (Å²) in [5.41, 5.74) is 0.758. The molecule has 2 atom stereocenters. The number of oxime groups is 1. The molecule has 15 heteroatoms. The number of hydrogen-bond donors (Lipinski definition) is 3. The zero-order chi connectivity index (χ0) is 24.9. The number of carboxylic acid groups (broad SMARTS) is 1. The number of amides is 3. The van der Waals surface area contributed by atoms with Gasteiger partial charge in [-0.1, -0.05) is 11.2 Å². The normalized spacial score (nSPS) is 19.7. The summed E-state index contributed by atoms with van der Waals surface area (Å²) < 4.78 is 0. The van der Waals surface area contributed by atoms with Crippen LogP contribution < -0.4 is 10.6 Å². The summed E-state index contributed by atoms with van der Waals surface area (Å²) in [7, 11) is 1.25. The molecule has 4 heterocycles. The van der Waals surface area contributed by atoms with E-state index in [4.69, 9.17) is 4.84 Å². The fraction of sp³-hybridized carbons (Fsp3) is 0.200. The number of carboxylic acids is 1. The number of nitrogens with one attached hydrogen (secondary N) is 2. The van der Waals surface area contributed by atoms with E-state index >= 15 is 0 Å². The van der Waals surface area contributed by atoms with Crippen molar-refractivity contribution in [2.75, 3.05) is 18.2 Å². The van der Waals surface area contributed by atoms with Crippen LogP contribution in [0.1, 0.15) is 11.4 Å². The maximum atomic E-state index is 12.9. The van der Waals surface area contributed by atoms with E-state index in [2.05, 4.69) is 31.0 Å². The van der Waals surface area contributed by atoms with E-state index in [-0.39, 0.29) is 22.2 Å². The van der Waals surface area contributed by atoms with Gasteiger partial charge in [0.25, 0.3) is 11.8 Å². The van der Waals surface area contributed by atoms with E-state index in [9.17, 15) is 24.3 Å². The van der Waals surface area contributed by atoms with Gasteiger partial charge in [0.1, 0.15) is 29.9 Å². The summed E-state index contributed by atoms with van der Waals surface area (Å²) in [6.45, 7) is 0.